The van der Waals surface area contributed by atoms with Crippen molar-refractivity contribution in [2.24, 2.45) is 12.0 Å². The highest BCUT2D eigenvalue weighted by Crippen LogP contribution is 2.10. The largest absolute Gasteiger partial charge is 0.338 e. The minimum Gasteiger partial charge on any atom is -0.317 e. The molecule has 1 aromatic heterocycles. The van der Waals surface area contributed by atoms with Crippen LogP contribution in [-0.2, 0) is 13.6 Å². The third kappa shape index (κ3) is 7.12. The van der Waals surface area contributed by atoms with Gasteiger partial charge in [-0.2, -0.15) is 0 Å². The first-order valence-electron chi connectivity index (χ1n) is 10.4. The predicted molar refractivity (Wildman–Crippen MR) is 116 cm³/mol. The van der Waals surface area contributed by atoms with E-state index in [9.17, 15) is 19.2 Å². The van der Waals surface area contributed by atoms with Gasteiger partial charge in [0.25, 0.3) is 0 Å². The summed E-state index contributed by atoms with van der Waals surface area (Å²) in [5, 5.41) is 11.7. The second-order valence-electron chi connectivity index (χ2n) is 7.03. The fourth-order valence-electron chi connectivity index (χ4n) is 3.05. The quantitative estimate of drug-likeness (QED) is 0.249. The Morgan fingerprint density at radius 2 is 1.70 bits per heavy atom. The Bertz CT molecular complexity index is 898. The van der Waals surface area contributed by atoms with Crippen molar-refractivity contribution in [1.29, 1.82) is 5.41 Å². The molecule has 0 aromatic carbocycles. The Morgan fingerprint density at radius 1 is 1.03 bits per heavy atom. The summed E-state index contributed by atoms with van der Waals surface area (Å²) in [6, 6.07) is -0.670. The third-order valence-electron chi connectivity index (χ3n) is 4.72. The summed E-state index contributed by atoms with van der Waals surface area (Å²) in [7, 11) is 1.32. The molecule has 1 atom stereocenters. The Kier molecular flexibility index (Phi) is 11.1. The Morgan fingerprint density at radius 3 is 2.33 bits per heavy atom. The van der Waals surface area contributed by atoms with Crippen LogP contribution in [0.3, 0.4) is 0 Å². The first-order valence-corrected chi connectivity index (χ1v) is 10.4. The number of nitrogens with zero attached hydrogens (tertiary/aromatic N) is 4. The van der Waals surface area contributed by atoms with Gasteiger partial charge in [-0.25, -0.2) is 37.9 Å². The van der Waals surface area contributed by atoms with E-state index in [-0.39, 0.29) is 6.54 Å². The molecule has 0 saturated carbocycles. The maximum absolute atomic E-state index is 13.0. The molecule has 2 amide bonds. The van der Waals surface area contributed by atoms with E-state index in [4.69, 9.17) is 5.41 Å². The molecule has 0 saturated heterocycles. The standard InChI is InChI=1S/C19H33N7O4/c1-4-6-8-10-12-25-17(28)24(3)18(29)26(19(25)30)15(11-9-7-5-2)23-16(27)22-14-21-13-20/h13-15H,4-12H2,1-3H3,(H3,20,21,22,23,27). The molecule has 1 aromatic rings. The Balaban J connectivity index is 3.30. The minimum absolute atomic E-state index is 0.214. The molecule has 1 unspecified atom stereocenters. The van der Waals surface area contributed by atoms with Gasteiger partial charge in [-0.3, -0.25) is 10.7 Å². The molecular weight excluding hydrogens is 390 g/mol. The maximum atomic E-state index is 13.0. The van der Waals surface area contributed by atoms with Crippen molar-refractivity contribution in [3.05, 3.63) is 31.5 Å². The number of nitrogens with one attached hydrogen (secondary N) is 3. The molecule has 11 nitrogen and oxygen atoms in total. The van der Waals surface area contributed by atoms with Crippen molar-refractivity contribution in [2.75, 3.05) is 0 Å². The van der Waals surface area contributed by atoms with E-state index in [0.29, 0.717) is 19.3 Å². The summed E-state index contributed by atoms with van der Waals surface area (Å²) in [6.07, 6.45) is 7.23. The maximum Gasteiger partial charge on any atom is 0.338 e. The average molecular weight is 424 g/mol. The van der Waals surface area contributed by atoms with Crippen molar-refractivity contribution in [3.8, 4) is 0 Å². The SMILES string of the molecule is CCCCCCn1c(=O)n(C)c(=O)n(C(CCCCC)NC(=O)N/C=N\C=N)c1=O. The molecule has 0 aliphatic rings. The van der Waals surface area contributed by atoms with Crippen molar-refractivity contribution in [2.45, 2.75) is 77.9 Å². The molecule has 0 aliphatic heterocycles. The zero-order valence-corrected chi connectivity index (χ0v) is 18.0. The Labute approximate surface area is 175 Å². The van der Waals surface area contributed by atoms with Gasteiger partial charge in [-0.05, 0) is 19.3 Å². The molecule has 0 spiro atoms. The summed E-state index contributed by atoms with van der Waals surface area (Å²) in [5.74, 6) is 0. The van der Waals surface area contributed by atoms with E-state index < -0.39 is 29.3 Å². The Hall–Kier alpha value is -2.98. The van der Waals surface area contributed by atoms with Gasteiger partial charge in [0.2, 0.25) is 0 Å². The predicted octanol–water partition coefficient (Wildman–Crippen LogP) is 1.30. The summed E-state index contributed by atoms with van der Waals surface area (Å²) >= 11 is 0. The topological polar surface area (TPSA) is 143 Å². The van der Waals surface area contributed by atoms with E-state index in [1.165, 1.54) is 7.05 Å². The molecule has 0 fully saturated rings. The lowest BCUT2D eigenvalue weighted by molar-refractivity contribution is 0.230. The molecule has 11 heteroatoms. The van der Waals surface area contributed by atoms with E-state index in [0.717, 1.165) is 58.5 Å². The van der Waals surface area contributed by atoms with Crippen LogP contribution in [-0.4, -0.2) is 32.4 Å². The lowest BCUT2D eigenvalue weighted by Gasteiger charge is -2.22. The van der Waals surface area contributed by atoms with Gasteiger partial charge in [-0.1, -0.05) is 46.0 Å². The molecule has 0 aliphatic carbocycles. The van der Waals surface area contributed by atoms with Crippen LogP contribution in [0.4, 0.5) is 4.79 Å². The molecular formula is C19H33N7O4. The van der Waals surface area contributed by atoms with Crippen molar-refractivity contribution < 1.29 is 4.79 Å². The number of rotatable bonds is 13. The smallest absolute Gasteiger partial charge is 0.317 e. The first-order chi connectivity index (χ1) is 14.4. The minimum atomic E-state index is -0.918. The molecule has 3 N–H and O–H groups in total. The van der Waals surface area contributed by atoms with Crippen LogP contribution in [0, 0.1) is 5.41 Å². The number of hydrogen-bond donors (Lipinski definition) is 3. The summed E-state index contributed by atoms with van der Waals surface area (Å²) in [4.78, 5) is 53.9. The van der Waals surface area contributed by atoms with Crippen molar-refractivity contribution in [3.63, 3.8) is 0 Å². The van der Waals surface area contributed by atoms with Gasteiger partial charge in [-0.15, -0.1) is 0 Å². The number of carbonyl (C=O) groups excluding carboxylic acids is 1. The molecule has 30 heavy (non-hydrogen) atoms. The number of aliphatic imine (C=N–C) groups is 1. The van der Waals surface area contributed by atoms with Gasteiger partial charge in [0.1, 0.15) is 12.5 Å². The zero-order valence-electron chi connectivity index (χ0n) is 18.0. The second-order valence-corrected chi connectivity index (χ2v) is 7.03. The highest BCUT2D eigenvalue weighted by Gasteiger charge is 2.22. The van der Waals surface area contributed by atoms with Gasteiger partial charge < -0.3 is 5.32 Å². The number of urea groups is 1. The highest BCUT2D eigenvalue weighted by molar-refractivity contribution is 5.88. The molecule has 1 heterocycles. The number of hydrogen-bond acceptors (Lipinski definition) is 5. The van der Waals surface area contributed by atoms with E-state index in [1.807, 2.05) is 6.92 Å². The van der Waals surface area contributed by atoms with Crippen molar-refractivity contribution >= 4 is 18.7 Å². The fraction of sp³-hybridized carbons (Fsp3) is 0.684. The summed E-state index contributed by atoms with van der Waals surface area (Å²) < 4.78 is 2.88. The van der Waals surface area contributed by atoms with E-state index in [1.54, 1.807) is 0 Å². The molecule has 1 rings (SSSR count). The van der Waals surface area contributed by atoms with Crippen LogP contribution in [0.5, 0.6) is 0 Å². The summed E-state index contributed by atoms with van der Waals surface area (Å²) in [6.45, 7) is 4.30. The van der Waals surface area contributed by atoms with Crippen LogP contribution in [0.2, 0.25) is 0 Å². The third-order valence-corrected chi connectivity index (χ3v) is 4.72. The highest BCUT2D eigenvalue weighted by atomic mass is 16.2. The number of unbranched alkanes of at least 4 members (excludes halogenated alkanes) is 5. The van der Waals surface area contributed by atoms with Crippen LogP contribution in [0.15, 0.2) is 19.4 Å². The van der Waals surface area contributed by atoms with Gasteiger partial charge in [0.15, 0.2) is 0 Å². The first kappa shape index (κ1) is 25.1. The van der Waals surface area contributed by atoms with Gasteiger partial charge in [0, 0.05) is 13.6 Å². The number of aromatic nitrogens is 3. The molecule has 0 bridgehead atoms. The number of carbonyl (C=O) groups is 1. The van der Waals surface area contributed by atoms with Crippen LogP contribution >= 0.6 is 0 Å². The monoisotopic (exact) mass is 423 g/mol. The normalized spacial score (nSPS) is 12.1. The van der Waals surface area contributed by atoms with E-state index >= 15 is 0 Å². The van der Waals surface area contributed by atoms with Gasteiger partial charge >= 0.3 is 23.1 Å². The van der Waals surface area contributed by atoms with Crippen LogP contribution in [0.1, 0.15) is 71.4 Å². The van der Waals surface area contributed by atoms with Crippen molar-refractivity contribution in [1.82, 2.24) is 24.3 Å². The van der Waals surface area contributed by atoms with Crippen LogP contribution < -0.4 is 27.7 Å². The fourth-order valence-corrected chi connectivity index (χ4v) is 3.05. The average Bonchev–Trinajstić information content (AvgIpc) is 2.72. The molecule has 0 radical (unpaired) electrons. The summed E-state index contributed by atoms with van der Waals surface area (Å²) in [5.41, 5.74) is -2.16. The van der Waals surface area contributed by atoms with E-state index in [2.05, 4.69) is 22.5 Å². The van der Waals surface area contributed by atoms with Gasteiger partial charge in [0.05, 0.1) is 6.34 Å². The van der Waals surface area contributed by atoms with Crippen LogP contribution in [0.25, 0.3) is 0 Å². The second kappa shape index (κ2) is 13.3. The zero-order chi connectivity index (χ0) is 22.5. The molecule has 168 valence electrons. The number of amides is 2. The lowest BCUT2D eigenvalue weighted by Crippen LogP contribution is -2.57. The lowest BCUT2D eigenvalue weighted by atomic mass is 10.1.